The van der Waals surface area contributed by atoms with Crippen LogP contribution in [0.5, 0.6) is 0 Å². The van der Waals surface area contributed by atoms with Crippen molar-refractivity contribution < 1.29 is 13.9 Å². The Labute approximate surface area is 108 Å². The molecule has 17 heavy (non-hydrogen) atoms. The average molecular weight is 305 g/mol. The van der Waals surface area contributed by atoms with E-state index in [2.05, 4.69) is 15.9 Å². The standard InChI is InChI=1S/C13H15BrF2O/c1-9(13(15)16)12(14)11(17)8-7-10-5-3-2-4-6-10/h2-6,11-12,17H,7-8H2,1H3/t11-,12+/m1/s1. The Morgan fingerprint density at radius 1 is 1.29 bits per heavy atom. The minimum atomic E-state index is -1.73. The minimum absolute atomic E-state index is 0.106. The van der Waals surface area contributed by atoms with Crippen LogP contribution in [0.3, 0.4) is 0 Å². The highest BCUT2D eigenvalue weighted by molar-refractivity contribution is 9.09. The van der Waals surface area contributed by atoms with Gasteiger partial charge in [0.2, 0.25) is 0 Å². The van der Waals surface area contributed by atoms with Crippen molar-refractivity contribution in [3.8, 4) is 0 Å². The molecule has 1 nitrogen and oxygen atoms in total. The van der Waals surface area contributed by atoms with Gasteiger partial charge in [-0.3, -0.25) is 0 Å². The molecule has 4 heteroatoms. The predicted molar refractivity (Wildman–Crippen MR) is 68.4 cm³/mol. The molecule has 0 aliphatic rings. The number of halogens is 3. The summed E-state index contributed by atoms with van der Waals surface area (Å²) >= 11 is 3.09. The van der Waals surface area contributed by atoms with E-state index in [4.69, 9.17) is 0 Å². The van der Waals surface area contributed by atoms with E-state index < -0.39 is 17.0 Å². The Balaban J connectivity index is 2.50. The van der Waals surface area contributed by atoms with Crippen molar-refractivity contribution >= 4 is 15.9 Å². The Kier molecular flexibility index (Phi) is 5.78. The molecule has 0 saturated carbocycles. The first kappa shape index (κ1) is 14.3. The van der Waals surface area contributed by atoms with Gasteiger partial charge in [-0.25, -0.2) is 0 Å². The maximum absolute atomic E-state index is 12.3. The number of rotatable bonds is 5. The van der Waals surface area contributed by atoms with Crippen molar-refractivity contribution in [3.05, 3.63) is 47.5 Å². The topological polar surface area (TPSA) is 20.2 Å². The zero-order valence-electron chi connectivity index (χ0n) is 9.54. The first-order chi connectivity index (χ1) is 8.02. The molecule has 0 saturated heterocycles. The van der Waals surface area contributed by atoms with Crippen molar-refractivity contribution in [1.82, 2.24) is 0 Å². The van der Waals surface area contributed by atoms with Gasteiger partial charge < -0.3 is 5.11 Å². The number of aryl methyl sites for hydroxylation is 1. The van der Waals surface area contributed by atoms with Crippen molar-refractivity contribution in [3.63, 3.8) is 0 Å². The van der Waals surface area contributed by atoms with E-state index in [0.29, 0.717) is 12.8 Å². The maximum Gasteiger partial charge on any atom is 0.270 e. The highest BCUT2D eigenvalue weighted by Gasteiger charge is 2.20. The van der Waals surface area contributed by atoms with Gasteiger partial charge in [0, 0.05) is 5.57 Å². The van der Waals surface area contributed by atoms with E-state index in [1.165, 1.54) is 6.92 Å². The number of hydrogen-bond acceptors (Lipinski definition) is 1. The summed E-state index contributed by atoms with van der Waals surface area (Å²) in [6.45, 7) is 1.32. The molecule has 1 rings (SSSR count). The largest absolute Gasteiger partial charge is 0.392 e. The summed E-state index contributed by atoms with van der Waals surface area (Å²) in [7, 11) is 0. The fourth-order valence-electron chi connectivity index (χ4n) is 1.50. The van der Waals surface area contributed by atoms with Crippen molar-refractivity contribution in [2.75, 3.05) is 0 Å². The number of hydrogen-bond donors (Lipinski definition) is 1. The third kappa shape index (κ3) is 4.56. The van der Waals surface area contributed by atoms with E-state index >= 15 is 0 Å². The Morgan fingerprint density at radius 2 is 1.88 bits per heavy atom. The fraction of sp³-hybridized carbons (Fsp3) is 0.385. The third-order valence-electron chi connectivity index (χ3n) is 2.62. The van der Waals surface area contributed by atoms with Crippen molar-refractivity contribution in [2.45, 2.75) is 30.7 Å². The van der Waals surface area contributed by atoms with Gasteiger partial charge in [0.1, 0.15) is 0 Å². The molecule has 0 bridgehead atoms. The van der Waals surface area contributed by atoms with Crippen LogP contribution in [0.4, 0.5) is 8.78 Å². The quantitative estimate of drug-likeness (QED) is 0.818. The molecule has 0 fully saturated rings. The lowest BCUT2D eigenvalue weighted by Gasteiger charge is -2.17. The molecule has 2 atom stereocenters. The van der Waals surface area contributed by atoms with Crippen LogP contribution in [0.1, 0.15) is 18.9 Å². The van der Waals surface area contributed by atoms with E-state index in [0.717, 1.165) is 5.56 Å². The molecular formula is C13H15BrF2O. The summed E-state index contributed by atoms with van der Waals surface area (Å²) in [6.07, 6.45) is -1.42. The number of alkyl halides is 1. The zero-order chi connectivity index (χ0) is 12.8. The molecule has 0 aromatic heterocycles. The summed E-state index contributed by atoms with van der Waals surface area (Å²) in [5.41, 5.74) is 0.985. The lowest BCUT2D eigenvalue weighted by molar-refractivity contribution is 0.170. The summed E-state index contributed by atoms with van der Waals surface area (Å²) in [6, 6.07) is 9.65. The lowest BCUT2D eigenvalue weighted by Crippen LogP contribution is -2.22. The maximum atomic E-state index is 12.3. The molecule has 1 aromatic rings. The molecular weight excluding hydrogens is 290 g/mol. The van der Waals surface area contributed by atoms with Gasteiger partial charge in [0.25, 0.3) is 6.08 Å². The average Bonchev–Trinajstić information content (AvgIpc) is 2.35. The Morgan fingerprint density at radius 3 is 2.41 bits per heavy atom. The van der Waals surface area contributed by atoms with Crippen molar-refractivity contribution in [1.29, 1.82) is 0 Å². The fourth-order valence-corrected chi connectivity index (χ4v) is 1.94. The van der Waals surface area contributed by atoms with Crippen LogP contribution in [0.15, 0.2) is 42.0 Å². The molecule has 0 heterocycles. The molecule has 0 amide bonds. The van der Waals surface area contributed by atoms with Gasteiger partial charge >= 0.3 is 0 Å². The third-order valence-corrected chi connectivity index (χ3v) is 3.92. The van der Waals surface area contributed by atoms with E-state index in [1.54, 1.807) is 0 Å². The van der Waals surface area contributed by atoms with Crippen LogP contribution in [0, 0.1) is 0 Å². The van der Waals surface area contributed by atoms with E-state index in [9.17, 15) is 13.9 Å². The Hall–Kier alpha value is -0.740. The zero-order valence-corrected chi connectivity index (χ0v) is 11.1. The second-order valence-electron chi connectivity index (χ2n) is 3.94. The van der Waals surface area contributed by atoms with Gasteiger partial charge in [-0.15, -0.1) is 0 Å². The van der Waals surface area contributed by atoms with Gasteiger partial charge in [-0.2, -0.15) is 8.78 Å². The normalized spacial score (nSPS) is 14.2. The summed E-state index contributed by atoms with van der Waals surface area (Å²) < 4.78 is 24.7. The predicted octanol–water partition coefficient (Wildman–Crippen LogP) is 3.91. The van der Waals surface area contributed by atoms with Gasteiger partial charge in [0.15, 0.2) is 0 Å². The lowest BCUT2D eigenvalue weighted by atomic mass is 10.0. The second-order valence-corrected chi connectivity index (χ2v) is 4.92. The number of benzene rings is 1. The SMILES string of the molecule is CC(=C(F)F)[C@H](Br)[C@H](O)CCc1ccccc1. The Bertz CT molecular complexity index is 374. The van der Waals surface area contributed by atoms with Gasteiger partial charge in [-0.1, -0.05) is 46.3 Å². The minimum Gasteiger partial charge on any atom is -0.392 e. The van der Waals surface area contributed by atoms with Crippen LogP contribution in [-0.2, 0) is 6.42 Å². The van der Waals surface area contributed by atoms with E-state index in [1.807, 2.05) is 30.3 Å². The summed E-state index contributed by atoms with van der Waals surface area (Å²) in [4.78, 5) is -0.684. The van der Waals surface area contributed by atoms with Crippen LogP contribution in [-0.4, -0.2) is 16.0 Å². The van der Waals surface area contributed by atoms with Crippen LogP contribution < -0.4 is 0 Å². The smallest absolute Gasteiger partial charge is 0.270 e. The molecule has 94 valence electrons. The van der Waals surface area contributed by atoms with Crippen LogP contribution in [0.25, 0.3) is 0 Å². The first-order valence-corrected chi connectivity index (χ1v) is 6.31. The number of aliphatic hydroxyl groups excluding tert-OH is 1. The highest BCUT2D eigenvalue weighted by atomic mass is 79.9. The molecule has 0 aliphatic carbocycles. The van der Waals surface area contributed by atoms with Crippen LogP contribution in [0.2, 0.25) is 0 Å². The number of aliphatic hydroxyl groups is 1. The second kappa shape index (κ2) is 6.87. The molecule has 0 radical (unpaired) electrons. The van der Waals surface area contributed by atoms with Crippen molar-refractivity contribution in [2.24, 2.45) is 0 Å². The summed E-state index contributed by atoms with van der Waals surface area (Å²) in [5.74, 6) is 0. The van der Waals surface area contributed by atoms with Gasteiger partial charge in [-0.05, 0) is 25.3 Å². The molecule has 0 spiro atoms. The first-order valence-electron chi connectivity index (χ1n) is 5.40. The van der Waals surface area contributed by atoms with E-state index in [-0.39, 0.29) is 5.57 Å². The van der Waals surface area contributed by atoms with Crippen LogP contribution >= 0.6 is 15.9 Å². The van der Waals surface area contributed by atoms with Gasteiger partial charge in [0.05, 0.1) is 10.9 Å². The molecule has 0 aliphatic heterocycles. The molecule has 1 aromatic carbocycles. The summed E-state index contributed by atoms with van der Waals surface area (Å²) in [5, 5.41) is 9.78. The molecule has 1 N–H and O–H groups in total. The molecule has 0 unspecified atom stereocenters. The highest BCUT2D eigenvalue weighted by Crippen LogP contribution is 2.23. The monoisotopic (exact) mass is 304 g/mol.